The predicted octanol–water partition coefficient (Wildman–Crippen LogP) is 3.06. The van der Waals surface area contributed by atoms with Gasteiger partial charge < -0.3 is 4.98 Å². The zero-order chi connectivity index (χ0) is 19.0. The zero-order valence-corrected chi connectivity index (χ0v) is 15.9. The number of benzene rings is 1. The maximum atomic E-state index is 12.6. The van der Waals surface area contributed by atoms with Crippen molar-refractivity contribution < 1.29 is 9.59 Å². The lowest BCUT2D eigenvalue weighted by Crippen LogP contribution is -2.20. The second kappa shape index (κ2) is 6.92. The Kier molecular flexibility index (Phi) is 4.82. The predicted molar refractivity (Wildman–Crippen MR) is 102 cm³/mol. The summed E-state index contributed by atoms with van der Waals surface area (Å²) in [5.74, 6) is -0.0800. The van der Waals surface area contributed by atoms with Crippen molar-refractivity contribution in [3.8, 4) is 0 Å². The number of nitrogens with zero attached hydrogens (tertiary/aromatic N) is 2. The van der Waals surface area contributed by atoms with Gasteiger partial charge in [0.05, 0.1) is 22.3 Å². The average Bonchev–Trinajstić information content (AvgIpc) is 2.91. The van der Waals surface area contributed by atoms with Gasteiger partial charge in [-0.15, -0.1) is 0 Å². The number of Topliss-reactive ketones (excluding diaryl/α,β-unsaturated/α-hetero) is 2. The maximum absolute atomic E-state index is 12.6. The second-order valence-corrected chi connectivity index (χ2v) is 7.11. The zero-order valence-electron chi connectivity index (χ0n) is 15.0. The first-order valence-electron chi connectivity index (χ1n) is 8.13. The number of aryl methyl sites for hydroxylation is 1. The van der Waals surface area contributed by atoms with Crippen molar-refractivity contribution in [1.82, 2.24) is 14.5 Å². The normalized spacial score (nSPS) is 11.1. The van der Waals surface area contributed by atoms with Crippen molar-refractivity contribution in [2.45, 2.75) is 25.9 Å². The number of para-hydroxylation sites is 1. The van der Waals surface area contributed by atoms with Gasteiger partial charge >= 0.3 is 0 Å². The van der Waals surface area contributed by atoms with Gasteiger partial charge in [-0.1, -0.05) is 23.9 Å². The van der Waals surface area contributed by atoms with E-state index in [1.165, 1.54) is 23.3 Å². The monoisotopic (exact) mass is 369 g/mol. The summed E-state index contributed by atoms with van der Waals surface area (Å²) in [6.07, 6.45) is 0. The molecule has 26 heavy (non-hydrogen) atoms. The van der Waals surface area contributed by atoms with Crippen LogP contribution in [0.25, 0.3) is 10.9 Å². The number of carbonyl (C=O) groups is 2. The molecule has 7 heteroatoms. The van der Waals surface area contributed by atoms with E-state index < -0.39 is 0 Å². The Balaban J connectivity index is 1.88. The summed E-state index contributed by atoms with van der Waals surface area (Å²) in [7, 11) is 1.65. The number of rotatable bonds is 5. The molecule has 0 saturated heterocycles. The van der Waals surface area contributed by atoms with Gasteiger partial charge in [-0.25, -0.2) is 4.98 Å². The molecule has 6 nitrogen and oxygen atoms in total. The van der Waals surface area contributed by atoms with Crippen LogP contribution in [0.4, 0.5) is 0 Å². The van der Waals surface area contributed by atoms with Crippen LogP contribution in [0.2, 0.25) is 0 Å². The summed E-state index contributed by atoms with van der Waals surface area (Å²) in [6, 6.07) is 7.13. The molecule has 134 valence electrons. The molecule has 0 aliphatic rings. The Bertz CT molecular complexity index is 1100. The lowest BCUT2D eigenvalue weighted by molar-refractivity contribution is 0.101. The molecule has 0 aliphatic carbocycles. The molecule has 3 aromatic rings. The van der Waals surface area contributed by atoms with Gasteiger partial charge in [0.1, 0.15) is 0 Å². The molecule has 1 aromatic carbocycles. The Morgan fingerprint density at radius 3 is 2.58 bits per heavy atom. The number of ketones is 2. The van der Waals surface area contributed by atoms with Gasteiger partial charge in [0.2, 0.25) is 0 Å². The molecule has 0 radical (unpaired) electrons. The Labute approximate surface area is 154 Å². The highest BCUT2D eigenvalue weighted by Crippen LogP contribution is 2.22. The number of aromatic amines is 1. The minimum atomic E-state index is -0.142. The fourth-order valence-electron chi connectivity index (χ4n) is 3.09. The molecule has 0 fully saturated rings. The molecule has 0 saturated carbocycles. The molecule has 0 bridgehead atoms. The summed E-state index contributed by atoms with van der Waals surface area (Å²) >= 11 is 1.21. The number of hydrogen-bond acceptors (Lipinski definition) is 5. The first kappa shape index (κ1) is 18.1. The van der Waals surface area contributed by atoms with Crippen LogP contribution in [0.3, 0.4) is 0 Å². The number of fused-ring (bicyclic) bond motifs is 1. The van der Waals surface area contributed by atoms with Crippen LogP contribution in [-0.2, 0) is 7.05 Å². The van der Waals surface area contributed by atoms with E-state index in [1.54, 1.807) is 39.1 Å². The number of hydrogen-bond donors (Lipinski definition) is 1. The van der Waals surface area contributed by atoms with E-state index in [0.29, 0.717) is 38.6 Å². The summed E-state index contributed by atoms with van der Waals surface area (Å²) in [6.45, 7) is 5.03. The first-order chi connectivity index (χ1) is 12.3. The third kappa shape index (κ3) is 3.10. The summed E-state index contributed by atoms with van der Waals surface area (Å²) < 4.78 is 1.45. The Morgan fingerprint density at radius 1 is 1.23 bits per heavy atom. The molecular weight excluding hydrogens is 350 g/mol. The third-order valence-electron chi connectivity index (χ3n) is 4.34. The van der Waals surface area contributed by atoms with Crippen LogP contribution in [0.5, 0.6) is 0 Å². The number of nitrogens with one attached hydrogen (secondary N) is 1. The second-order valence-electron chi connectivity index (χ2n) is 6.17. The summed E-state index contributed by atoms with van der Waals surface area (Å²) in [5.41, 5.74) is 2.83. The fraction of sp³-hybridized carbons (Fsp3) is 0.263. The Hall–Kier alpha value is -2.67. The average molecular weight is 369 g/mol. The third-order valence-corrected chi connectivity index (χ3v) is 5.37. The standard InChI is InChI=1S/C19H19N3O3S/c1-10-16(12(3)23)11(2)20-17(10)15(24)9-26-19-21-14-8-6-5-7-13(14)18(25)22(19)4/h5-8,20H,9H2,1-4H3. The van der Waals surface area contributed by atoms with Crippen LogP contribution in [-0.4, -0.2) is 31.9 Å². The van der Waals surface area contributed by atoms with Crippen molar-refractivity contribution in [2.75, 3.05) is 5.75 Å². The van der Waals surface area contributed by atoms with E-state index in [1.807, 2.05) is 6.07 Å². The van der Waals surface area contributed by atoms with E-state index >= 15 is 0 Å². The van der Waals surface area contributed by atoms with Crippen molar-refractivity contribution >= 4 is 34.2 Å². The first-order valence-corrected chi connectivity index (χ1v) is 9.11. The minimum absolute atomic E-state index is 0.0680. The van der Waals surface area contributed by atoms with E-state index in [0.717, 1.165) is 0 Å². The summed E-state index contributed by atoms with van der Waals surface area (Å²) in [5, 5.41) is 1.03. The number of thioether (sulfide) groups is 1. The van der Waals surface area contributed by atoms with E-state index in [2.05, 4.69) is 9.97 Å². The van der Waals surface area contributed by atoms with E-state index in [9.17, 15) is 14.4 Å². The molecule has 2 heterocycles. The van der Waals surface area contributed by atoms with Crippen molar-refractivity contribution in [1.29, 1.82) is 0 Å². The van der Waals surface area contributed by atoms with Gasteiger partial charge in [0, 0.05) is 18.3 Å². The minimum Gasteiger partial charge on any atom is -0.355 e. The highest BCUT2D eigenvalue weighted by atomic mass is 32.2. The molecule has 0 amide bonds. The molecule has 0 atom stereocenters. The lowest BCUT2D eigenvalue weighted by Gasteiger charge is -2.08. The fourth-order valence-corrected chi connectivity index (χ4v) is 3.93. The molecule has 0 spiro atoms. The van der Waals surface area contributed by atoms with Crippen LogP contribution >= 0.6 is 11.8 Å². The van der Waals surface area contributed by atoms with Crippen molar-refractivity contribution in [2.24, 2.45) is 7.05 Å². The smallest absolute Gasteiger partial charge is 0.261 e. The Morgan fingerprint density at radius 2 is 1.92 bits per heavy atom. The van der Waals surface area contributed by atoms with Crippen LogP contribution in [0.1, 0.15) is 39.0 Å². The molecule has 2 aromatic heterocycles. The van der Waals surface area contributed by atoms with Gasteiger partial charge in [-0.3, -0.25) is 19.0 Å². The molecule has 0 aliphatic heterocycles. The number of carbonyl (C=O) groups excluding carboxylic acids is 2. The van der Waals surface area contributed by atoms with Crippen molar-refractivity contribution in [3.05, 3.63) is 57.1 Å². The summed E-state index contributed by atoms with van der Waals surface area (Å²) in [4.78, 5) is 44.3. The molecule has 1 N–H and O–H groups in total. The molecule has 3 rings (SSSR count). The highest BCUT2D eigenvalue weighted by Gasteiger charge is 2.20. The maximum Gasteiger partial charge on any atom is 0.261 e. The SMILES string of the molecule is CC(=O)c1c(C)[nH]c(C(=O)CSc2nc3ccccc3c(=O)n2C)c1C. The van der Waals surface area contributed by atoms with Gasteiger partial charge in [-0.2, -0.15) is 0 Å². The quantitative estimate of drug-likeness (QED) is 0.424. The molecular formula is C19H19N3O3S. The largest absolute Gasteiger partial charge is 0.355 e. The van der Waals surface area contributed by atoms with E-state index in [-0.39, 0.29) is 22.9 Å². The van der Waals surface area contributed by atoms with Crippen LogP contribution < -0.4 is 5.56 Å². The van der Waals surface area contributed by atoms with E-state index in [4.69, 9.17) is 0 Å². The lowest BCUT2D eigenvalue weighted by atomic mass is 10.1. The molecule has 0 unspecified atom stereocenters. The van der Waals surface area contributed by atoms with Gasteiger partial charge in [0.25, 0.3) is 5.56 Å². The number of H-pyrrole nitrogens is 1. The van der Waals surface area contributed by atoms with Crippen molar-refractivity contribution in [3.63, 3.8) is 0 Å². The topological polar surface area (TPSA) is 84.8 Å². The van der Waals surface area contributed by atoms with Gasteiger partial charge in [0.15, 0.2) is 16.7 Å². The van der Waals surface area contributed by atoms with Crippen LogP contribution in [0.15, 0.2) is 34.2 Å². The van der Waals surface area contributed by atoms with Gasteiger partial charge in [-0.05, 0) is 38.5 Å². The number of aromatic nitrogens is 3. The highest BCUT2D eigenvalue weighted by molar-refractivity contribution is 7.99. The van der Waals surface area contributed by atoms with Crippen LogP contribution in [0, 0.1) is 13.8 Å².